The molecule has 0 saturated carbocycles. The zero-order valence-electron chi connectivity index (χ0n) is 19.6. The molecule has 9 heteroatoms. The maximum absolute atomic E-state index is 13.9. The monoisotopic (exact) mass is 510 g/mol. The molecule has 0 bridgehead atoms. The van der Waals surface area contributed by atoms with Crippen molar-refractivity contribution in [3.05, 3.63) is 80.7 Å². The molecule has 0 radical (unpaired) electrons. The molecule has 35 heavy (non-hydrogen) atoms. The Balaban J connectivity index is 1.60. The summed E-state index contributed by atoms with van der Waals surface area (Å²) in [7, 11) is 1.28. The van der Waals surface area contributed by atoms with E-state index in [9.17, 15) is 14.4 Å². The third-order valence-electron chi connectivity index (χ3n) is 6.57. The highest BCUT2D eigenvalue weighted by atomic mass is 35.5. The van der Waals surface area contributed by atoms with E-state index in [4.69, 9.17) is 21.2 Å². The highest BCUT2D eigenvalue weighted by Gasteiger charge is 2.61. The summed E-state index contributed by atoms with van der Waals surface area (Å²) < 4.78 is 4.95. The zero-order chi connectivity index (χ0) is 25.0. The summed E-state index contributed by atoms with van der Waals surface area (Å²) in [5, 5.41) is 2.47. The minimum atomic E-state index is -1.03. The maximum atomic E-state index is 13.9. The highest BCUT2D eigenvalue weighted by Crippen LogP contribution is 2.49. The molecule has 2 amide bonds. The summed E-state index contributed by atoms with van der Waals surface area (Å²) in [4.78, 5) is 48.2. The van der Waals surface area contributed by atoms with Crippen molar-refractivity contribution in [1.29, 1.82) is 0 Å². The molecule has 3 heterocycles. The van der Waals surface area contributed by atoms with Gasteiger partial charge in [0.15, 0.2) is 6.10 Å². The standard InChI is InChI=1S/C26H23ClN2O5S/c1-13-5-7-16(8-6-13)21-20-22(34-29(21)18-11-9-17(27)10-12-18)24(31)28(23(20)30)25-19(26(32)33-4)14(2)15(3)35-25/h5-12,20-22H,1-4H3/t20-,21-,22+/m0/s1. The van der Waals surface area contributed by atoms with Crippen LogP contribution >= 0.6 is 22.9 Å². The number of amides is 2. The molecular weight excluding hydrogens is 488 g/mol. The molecule has 0 spiro atoms. The molecule has 1 aromatic heterocycles. The van der Waals surface area contributed by atoms with Crippen molar-refractivity contribution in [3.63, 3.8) is 0 Å². The van der Waals surface area contributed by atoms with Crippen LogP contribution in [-0.4, -0.2) is 31.0 Å². The van der Waals surface area contributed by atoms with Gasteiger partial charge in [-0.25, -0.2) is 14.8 Å². The van der Waals surface area contributed by atoms with Gasteiger partial charge in [0.05, 0.1) is 24.4 Å². The third kappa shape index (κ3) is 3.73. The topological polar surface area (TPSA) is 76.2 Å². The molecule has 0 unspecified atom stereocenters. The van der Waals surface area contributed by atoms with Crippen LogP contribution in [0.1, 0.15) is 38.0 Å². The van der Waals surface area contributed by atoms with Crippen molar-refractivity contribution in [2.45, 2.75) is 32.9 Å². The number of hydrogen-bond acceptors (Lipinski definition) is 7. The number of ether oxygens (including phenoxy) is 1. The van der Waals surface area contributed by atoms with Gasteiger partial charge in [-0.05, 0) is 56.2 Å². The maximum Gasteiger partial charge on any atom is 0.341 e. The first kappa shape index (κ1) is 23.5. The van der Waals surface area contributed by atoms with Gasteiger partial charge in [-0.1, -0.05) is 41.4 Å². The van der Waals surface area contributed by atoms with E-state index >= 15 is 0 Å². The van der Waals surface area contributed by atoms with Crippen molar-refractivity contribution < 1.29 is 24.0 Å². The van der Waals surface area contributed by atoms with Crippen LogP contribution in [-0.2, 0) is 19.2 Å². The lowest BCUT2D eigenvalue weighted by Crippen LogP contribution is -2.37. The third-order valence-corrected chi connectivity index (χ3v) is 8.02. The smallest absolute Gasteiger partial charge is 0.341 e. The van der Waals surface area contributed by atoms with Gasteiger partial charge in [0.25, 0.3) is 5.91 Å². The van der Waals surface area contributed by atoms with Gasteiger partial charge in [-0.3, -0.25) is 14.4 Å². The number of hydroxylamine groups is 1. The van der Waals surface area contributed by atoms with Gasteiger partial charge in [0, 0.05) is 9.90 Å². The van der Waals surface area contributed by atoms with Crippen molar-refractivity contribution in [3.8, 4) is 0 Å². The molecule has 3 atom stereocenters. The predicted molar refractivity (Wildman–Crippen MR) is 134 cm³/mol. The Kier molecular flexibility index (Phi) is 5.91. The van der Waals surface area contributed by atoms with Crippen LogP contribution in [0.5, 0.6) is 0 Å². The van der Waals surface area contributed by atoms with Gasteiger partial charge >= 0.3 is 5.97 Å². The average molecular weight is 511 g/mol. The molecule has 2 aliphatic heterocycles. The fourth-order valence-corrected chi connectivity index (χ4v) is 5.92. The number of anilines is 2. The largest absolute Gasteiger partial charge is 0.465 e. The van der Waals surface area contributed by atoms with Gasteiger partial charge in [0.1, 0.15) is 10.9 Å². The number of benzene rings is 2. The van der Waals surface area contributed by atoms with E-state index in [2.05, 4.69) is 0 Å². The minimum absolute atomic E-state index is 0.234. The Bertz CT molecular complexity index is 1340. The van der Waals surface area contributed by atoms with E-state index in [0.29, 0.717) is 16.3 Å². The first-order valence-electron chi connectivity index (χ1n) is 11.1. The summed E-state index contributed by atoms with van der Waals surface area (Å²) in [5.41, 5.74) is 3.52. The quantitative estimate of drug-likeness (QED) is 0.356. The van der Waals surface area contributed by atoms with Crippen molar-refractivity contribution >= 4 is 51.4 Å². The molecule has 0 aliphatic carbocycles. The fraction of sp³-hybridized carbons (Fsp3) is 0.269. The van der Waals surface area contributed by atoms with E-state index in [1.807, 2.05) is 38.1 Å². The molecule has 7 nitrogen and oxygen atoms in total. The van der Waals surface area contributed by atoms with Crippen LogP contribution in [0.3, 0.4) is 0 Å². The number of hydrogen-bond donors (Lipinski definition) is 0. The first-order valence-corrected chi connectivity index (χ1v) is 12.3. The highest BCUT2D eigenvalue weighted by molar-refractivity contribution is 7.17. The van der Waals surface area contributed by atoms with Crippen LogP contribution in [0, 0.1) is 26.7 Å². The second-order valence-corrected chi connectivity index (χ2v) is 10.3. The number of carbonyl (C=O) groups is 3. The summed E-state index contributed by atoms with van der Waals surface area (Å²) in [6.07, 6.45) is -1.03. The number of methoxy groups -OCH3 is 1. The molecule has 2 fully saturated rings. The van der Waals surface area contributed by atoms with E-state index in [1.54, 1.807) is 36.3 Å². The van der Waals surface area contributed by atoms with E-state index in [0.717, 1.165) is 20.9 Å². The van der Waals surface area contributed by atoms with Crippen LogP contribution in [0.15, 0.2) is 48.5 Å². The van der Waals surface area contributed by atoms with Crippen molar-refractivity contribution in [2.75, 3.05) is 17.1 Å². The molecular formula is C26H23ClN2O5S. The lowest BCUT2D eigenvalue weighted by molar-refractivity contribution is -0.126. The lowest BCUT2D eigenvalue weighted by atomic mass is 9.90. The predicted octanol–water partition coefficient (Wildman–Crippen LogP) is 5.16. The molecule has 180 valence electrons. The SMILES string of the molecule is COC(=O)c1c(N2C(=O)[C@@H]3[C@@H](ON(c4ccc(Cl)cc4)[C@H]3c3ccc(C)cc3)C2=O)sc(C)c1C. The molecule has 2 aliphatic rings. The molecule has 0 N–H and O–H groups in total. The van der Waals surface area contributed by atoms with Crippen LogP contribution in [0.4, 0.5) is 10.7 Å². The van der Waals surface area contributed by atoms with Gasteiger partial charge < -0.3 is 4.74 Å². The van der Waals surface area contributed by atoms with E-state index in [-0.39, 0.29) is 10.6 Å². The van der Waals surface area contributed by atoms with E-state index < -0.39 is 35.8 Å². The first-order chi connectivity index (χ1) is 16.7. The van der Waals surface area contributed by atoms with E-state index in [1.165, 1.54) is 18.4 Å². The van der Waals surface area contributed by atoms with Gasteiger partial charge in [-0.15, -0.1) is 11.3 Å². The second-order valence-electron chi connectivity index (χ2n) is 8.68. The Morgan fingerprint density at radius 1 is 1.00 bits per heavy atom. The van der Waals surface area contributed by atoms with Crippen LogP contribution in [0.25, 0.3) is 0 Å². The number of imide groups is 1. The summed E-state index contributed by atoms with van der Waals surface area (Å²) in [6, 6.07) is 14.3. The lowest BCUT2D eigenvalue weighted by Gasteiger charge is -2.28. The van der Waals surface area contributed by atoms with Gasteiger partial charge in [-0.2, -0.15) is 0 Å². The number of rotatable bonds is 4. The van der Waals surface area contributed by atoms with Crippen molar-refractivity contribution in [1.82, 2.24) is 0 Å². The summed E-state index contributed by atoms with van der Waals surface area (Å²) in [5.74, 6) is -2.29. The molecule has 2 aromatic carbocycles. The zero-order valence-corrected chi connectivity index (χ0v) is 21.1. The minimum Gasteiger partial charge on any atom is -0.465 e. The number of fused-ring (bicyclic) bond motifs is 1. The van der Waals surface area contributed by atoms with Gasteiger partial charge in [0.2, 0.25) is 5.91 Å². The summed E-state index contributed by atoms with van der Waals surface area (Å²) in [6.45, 7) is 5.60. The second kappa shape index (κ2) is 8.78. The molecule has 2 saturated heterocycles. The fourth-order valence-electron chi connectivity index (χ4n) is 4.64. The number of carbonyl (C=O) groups excluding carboxylic acids is 3. The normalized spacial score (nSPS) is 21.6. The Morgan fingerprint density at radius 3 is 2.29 bits per heavy atom. The number of thiophene rings is 1. The summed E-state index contributed by atoms with van der Waals surface area (Å²) >= 11 is 7.30. The average Bonchev–Trinajstić information content (AvgIpc) is 3.45. The Hall–Kier alpha value is -3.20. The van der Waals surface area contributed by atoms with Crippen LogP contribution in [0.2, 0.25) is 5.02 Å². The number of halogens is 1. The Morgan fingerprint density at radius 2 is 1.66 bits per heavy atom. The number of aryl methyl sites for hydroxylation is 2. The van der Waals surface area contributed by atoms with Crippen LogP contribution < -0.4 is 9.96 Å². The Labute approximate surface area is 211 Å². The van der Waals surface area contributed by atoms with Crippen molar-refractivity contribution in [2.24, 2.45) is 5.92 Å². The number of esters is 1. The molecule has 3 aromatic rings. The molecule has 5 rings (SSSR count). The number of nitrogens with zero attached hydrogens (tertiary/aromatic N) is 2.